The van der Waals surface area contributed by atoms with Crippen molar-refractivity contribution in [3.05, 3.63) is 83.9 Å². The van der Waals surface area contributed by atoms with Crippen LogP contribution in [0.25, 0.3) is 0 Å². The lowest BCUT2D eigenvalue weighted by Gasteiger charge is -2.33. The molecule has 0 spiro atoms. The van der Waals surface area contributed by atoms with Gasteiger partial charge in [-0.3, -0.25) is 0 Å². The van der Waals surface area contributed by atoms with Crippen LogP contribution in [0.15, 0.2) is 77.7 Å². The van der Waals surface area contributed by atoms with Gasteiger partial charge in [0.25, 0.3) is 0 Å². The van der Waals surface area contributed by atoms with Crippen LogP contribution in [0.2, 0.25) is 0 Å². The molecule has 0 unspecified atom stereocenters. The highest BCUT2D eigenvalue weighted by Gasteiger charge is 2.28. The number of piperidine rings is 1. The van der Waals surface area contributed by atoms with E-state index in [4.69, 9.17) is 18.9 Å². The average molecular weight is 597 g/mol. The van der Waals surface area contributed by atoms with Gasteiger partial charge in [-0.2, -0.15) is 4.31 Å². The number of carbonyl (C=O) groups excluding carboxylic acids is 1. The van der Waals surface area contributed by atoms with Gasteiger partial charge in [-0.15, -0.1) is 0 Å². The Labute approximate surface area is 249 Å². The minimum Gasteiger partial charge on any atom is -0.497 e. The number of ether oxygens (including phenoxy) is 4. The maximum Gasteiger partial charge on any atom is 0.410 e. The number of hydrogen-bond donors (Lipinski definition) is 0. The van der Waals surface area contributed by atoms with E-state index in [1.807, 2.05) is 69.3 Å². The third-order valence-electron chi connectivity index (χ3n) is 6.89. The first-order chi connectivity index (χ1) is 20.0. The Morgan fingerprint density at radius 1 is 0.786 bits per heavy atom. The molecule has 1 heterocycles. The van der Waals surface area contributed by atoms with Gasteiger partial charge in [-0.1, -0.05) is 24.3 Å². The molecule has 0 N–H and O–H groups in total. The fraction of sp³-hybridized carbons (Fsp3) is 0.406. The zero-order valence-corrected chi connectivity index (χ0v) is 25.7. The van der Waals surface area contributed by atoms with E-state index in [2.05, 4.69) is 0 Å². The van der Waals surface area contributed by atoms with Crippen molar-refractivity contribution < 1.29 is 32.2 Å². The van der Waals surface area contributed by atoms with Gasteiger partial charge < -0.3 is 23.8 Å². The molecule has 0 aromatic heterocycles. The molecule has 1 fully saturated rings. The fourth-order valence-electron chi connectivity index (χ4n) is 4.61. The second-order valence-electron chi connectivity index (χ2n) is 11.2. The summed E-state index contributed by atoms with van der Waals surface area (Å²) in [5, 5.41) is 0. The molecule has 226 valence electrons. The van der Waals surface area contributed by atoms with Crippen molar-refractivity contribution in [1.82, 2.24) is 9.21 Å². The minimum absolute atomic E-state index is 0.0761. The number of likely N-dealkylation sites (tertiary alicyclic amines) is 1. The number of carbonyl (C=O) groups is 1. The lowest BCUT2D eigenvalue weighted by Crippen LogP contribution is -2.44. The van der Waals surface area contributed by atoms with Crippen molar-refractivity contribution in [2.24, 2.45) is 0 Å². The standard InChI is InChI=1S/C32H40N2O7S/c1-32(2,3)41-31(35)33-20-18-29(19-21-33)40-28-14-16-30(17-15-28)42(36,37)34(22-24-6-10-26(38-4)11-7-24)23-25-8-12-27(39-5)13-9-25/h6-17,29H,18-23H2,1-5H3. The number of hydrogen-bond acceptors (Lipinski definition) is 7. The summed E-state index contributed by atoms with van der Waals surface area (Å²) in [6.45, 7) is 7.00. The van der Waals surface area contributed by atoms with Gasteiger partial charge in [-0.05, 0) is 80.4 Å². The Morgan fingerprint density at radius 2 is 1.24 bits per heavy atom. The van der Waals surface area contributed by atoms with Crippen LogP contribution in [-0.2, 0) is 27.8 Å². The van der Waals surface area contributed by atoms with Crippen molar-refractivity contribution in [3.63, 3.8) is 0 Å². The van der Waals surface area contributed by atoms with E-state index in [1.54, 1.807) is 43.4 Å². The molecule has 0 bridgehead atoms. The molecule has 10 heteroatoms. The minimum atomic E-state index is -3.85. The smallest absolute Gasteiger partial charge is 0.410 e. The van der Waals surface area contributed by atoms with Crippen molar-refractivity contribution in [2.75, 3.05) is 27.3 Å². The van der Waals surface area contributed by atoms with Crippen LogP contribution in [0.3, 0.4) is 0 Å². The van der Waals surface area contributed by atoms with E-state index in [-0.39, 0.29) is 30.2 Å². The second-order valence-corrected chi connectivity index (χ2v) is 13.2. The molecular formula is C32H40N2O7S. The van der Waals surface area contributed by atoms with E-state index in [1.165, 1.54) is 4.31 Å². The molecule has 3 aromatic carbocycles. The van der Waals surface area contributed by atoms with Crippen molar-refractivity contribution >= 4 is 16.1 Å². The van der Waals surface area contributed by atoms with E-state index in [9.17, 15) is 13.2 Å². The van der Waals surface area contributed by atoms with Gasteiger partial charge in [-0.25, -0.2) is 13.2 Å². The Kier molecular flexibility index (Phi) is 10.0. The van der Waals surface area contributed by atoms with Gasteiger partial charge in [0, 0.05) is 39.0 Å². The summed E-state index contributed by atoms with van der Waals surface area (Å²) in [5.74, 6) is 1.99. The predicted molar refractivity (Wildman–Crippen MR) is 160 cm³/mol. The van der Waals surface area contributed by atoms with Gasteiger partial charge in [0.2, 0.25) is 10.0 Å². The molecule has 0 radical (unpaired) electrons. The molecule has 1 amide bonds. The summed E-state index contributed by atoms with van der Waals surface area (Å²) in [7, 11) is -0.667. The predicted octanol–water partition coefficient (Wildman–Crippen LogP) is 5.87. The summed E-state index contributed by atoms with van der Waals surface area (Å²) in [6.07, 6.45) is 0.935. The lowest BCUT2D eigenvalue weighted by molar-refractivity contribution is 0.0126. The van der Waals surface area contributed by atoms with Crippen molar-refractivity contribution in [3.8, 4) is 17.2 Å². The number of methoxy groups -OCH3 is 2. The van der Waals surface area contributed by atoms with E-state index >= 15 is 0 Å². The van der Waals surface area contributed by atoms with E-state index < -0.39 is 15.6 Å². The first-order valence-electron chi connectivity index (χ1n) is 14.0. The Bertz CT molecular complexity index is 1360. The SMILES string of the molecule is COc1ccc(CN(Cc2ccc(OC)cc2)S(=O)(=O)c2ccc(OC3CCN(C(=O)OC(C)(C)C)CC3)cc2)cc1. The molecule has 42 heavy (non-hydrogen) atoms. The summed E-state index contributed by atoms with van der Waals surface area (Å²) >= 11 is 0. The van der Waals surface area contributed by atoms with Crippen LogP contribution in [0.4, 0.5) is 4.79 Å². The van der Waals surface area contributed by atoms with Crippen LogP contribution in [-0.4, -0.2) is 62.7 Å². The molecule has 1 saturated heterocycles. The summed E-state index contributed by atoms with van der Waals surface area (Å²) in [6, 6.07) is 21.2. The number of nitrogens with zero attached hydrogens (tertiary/aromatic N) is 2. The highest BCUT2D eigenvalue weighted by molar-refractivity contribution is 7.89. The number of rotatable bonds is 10. The zero-order chi connectivity index (χ0) is 30.3. The van der Waals surface area contributed by atoms with Crippen LogP contribution in [0.1, 0.15) is 44.7 Å². The zero-order valence-electron chi connectivity index (χ0n) is 24.9. The largest absolute Gasteiger partial charge is 0.497 e. The van der Waals surface area contributed by atoms with Gasteiger partial charge in [0.15, 0.2) is 0 Å². The maximum atomic E-state index is 13.9. The second kappa shape index (κ2) is 13.5. The average Bonchev–Trinajstić information content (AvgIpc) is 2.97. The molecule has 4 rings (SSSR count). The Hall–Kier alpha value is -3.76. The lowest BCUT2D eigenvalue weighted by atomic mass is 10.1. The monoisotopic (exact) mass is 596 g/mol. The molecule has 0 aliphatic carbocycles. The van der Waals surface area contributed by atoms with E-state index in [0.717, 1.165) is 11.1 Å². The Balaban J connectivity index is 1.45. The molecule has 0 saturated carbocycles. The first-order valence-corrected chi connectivity index (χ1v) is 15.4. The van der Waals surface area contributed by atoms with Crippen LogP contribution >= 0.6 is 0 Å². The van der Waals surface area contributed by atoms with Crippen LogP contribution in [0, 0.1) is 0 Å². The van der Waals surface area contributed by atoms with Crippen LogP contribution < -0.4 is 14.2 Å². The van der Waals surface area contributed by atoms with E-state index in [0.29, 0.717) is 43.2 Å². The van der Waals surface area contributed by atoms with Crippen molar-refractivity contribution in [2.45, 2.75) is 63.3 Å². The number of benzene rings is 3. The molecule has 3 aromatic rings. The normalized spacial score (nSPS) is 14.5. The molecule has 1 aliphatic heterocycles. The molecular weight excluding hydrogens is 556 g/mol. The molecule has 9 nitrogen and oxygen atoms in total. The fourth-order valence-corrected chi connectivity index (χ4v) is 6.03. The first kappa shape index (κ1) is 31.2. The number of amides is 1. The van der Waals surface area contributed by atoms with Crippen molar-refractivity contribution in [1.29, 1.82) is 0 Å². The third-order valence-corrected chi connectivity index (χ3v) is 8.70. The maximum absolute atomic E-state index is 13.9. The molecule has 1 aliphatic rings. The summed E-state index contributed by atoms with van der Waals surface area (Å²) < 4.78 is 51.3. The topological polar surface area (TPSA) is 94.6 Å². The number of sulfonamides is 1. The van der Waals surface area contributed by atoms with Gasteiger partial charge >= 0.3 is 6.09 Å². The summed E-state index contributed by atoms with van der Waals surface area (Å²) in [5.41, 5.74) is 1.14. The quantitative estimate of drug-likeness (QED) is 0.289. The Morgan fingerprint density at radius 3 is 1.67 bits per heavy atom. The highest BCUT2D eigenvalue weighted by Crippen LogP contribution is 2.26. The highest BCUT2D eigenvalue weighted by atomic mass is 32.2. The summed E-state index contributed by atoms with van der Waals surface area (Å²) in [4.78, 5) is 14.2. The molecule has 0 atom stereocenters. The third kappa shape index (κ3) is 8.39. The van der Waals surface area contributed by atoms with Gasteiger partial charge in [0.1, 0.15) is 29.0 Å². The van der Waals surface area contributed by atoms with Gasteiger partial charge in [0.05, 0.1) is 19.1 Å². The van der Waals surface area contributed by atoms with Crippen LogP contribution in [0.5, 0.6) is 17.2 Å².